The van der Waals surface area contributed by atoms with Gasteiger partial charge < -0.3 is 10.1 Å². The van der Waals surface area contributed by atoms with Crippen LogP contribution in [0.1, 0.15) is 27.4 Å². The predicted octanol–water partition coefficient (Wildman–Crippen LogP) is 2.30. The lowest BCUT2D eigenvalue weighted by atomic mass is 10.1. The molecular weight excluding hydrogens is 318 g/mol. The molecule has 0 spiro atoms. The number of carbonyl (C=O) groups excluding carboxylic acids is 1. The smallest absolute Gasteiger partial charge is 0.277 e. The van der Waals surface area contributed by atoms with Gasteiger partial charge in [0.05, 0.1) is 30.3 Å². The minimum absolute atomic E-state index is 0.266. The minimum atomic E-state index is -0.321. The molecule has 7 heteroatoms. The molecule has 0 unspecified atom stereocenters. The number of fused-ring (bicyclic) bond motifs is 1. The normalized spacial score (nSPS) is 13.3. The number of rotatable bonds is 3. The van der Waals surface area contributed by atoms with Crippen LogP contribution in [0.5, 0.6) is 0 Å². The average molecular weight is 335 g/mol. The van der Waals surface area contributed by atoms with Gasteiger partial charge >= 0.3 is 0 Å². The highest BCUT2D eigenvalue weighted by Gasteiger charge is 2.18. The Balaban J connectivity index is 1.61. The third-order valence-corrected chi connectivity index (χ3v) is 4.01. The zero-order chi connectivity index (χ0) is 17.2. The number of amides is 1. The maximum Gasteiger partial charge on any atom is 0.277 e. The number of anilines is 1. The maximum absolute atomic E-state index is 12.6. The summed E-state index contributed by atoms with van der Waals surface area (Å²) < 4.78 is 7.11. The van der Waals surface area contributed by atoms with Crippen LogP contribution in [-0.2, 0) is 17.8 Å². The van der Waals surface area contributed by atoms with E-state index in [1.807, 2.05) is 43.3 Å². The second-order valence-corrected chi connectivity index (χ2v) is 5.88. The van der Waals surface area contributed by atoms with Crippen LogP contribution < -0.4 is 5.32 Å². The number of benzene rings is 1. The van der Waals surface area contributed by atoms with Crippen molar-refractivity contribution in [3.8, 4) is 5.69 Å². The van der Waals surface area contributed by atoms with Crippen LogP contribution in [0.25, 0.3) is 5.69 Å². The molecule has 0 saturated heterocycles. The molecule has 1 amide bonds. The number of hydrogen-bond donors (Lipinski definition) is 1. The molecule has 2 aromatic heterocycles. The first-order chi connectivity index (χ1) is 12.2. The van der Waals surface area contributed by atoms with Gasteiger partial charge in [-0.05, 0) is 25.1 Å². The number of hydrogen-bond acceptors (Lipinski definition) is 5. The molecule has 1 aliphatic heterocycles. The van der Waals surface area contributed by atoms with Crippen LogP contribution in [0.4, 0.5) is 5.82 Å². The maximum atomic E-state index is 12.6. The molecule has 1 aliphatic rings. The Hall–Kier alpha value is -3.06. The summed E-state index contributed by atoms with van der Waals surface area (Å²) in [4.78, 5) is 12.6. The van der Waals surface area contributed by atoms with Crippen LogP contribution in [0.15, 0.2) is 42.5 Å². The highest BCUT2D eigenvalue weighted by atomic mass is 16.5. The molecule has 4 rings (SSSR count). The minimum Gasteiger partial charge on any atom is -0.376 e. The molecule has 0 saturated carbocycles. The summed E-state index contributed by atoms with van der Waals surface area (Å²) in [5.74, 6) is 0.266. The highest BCUT2D eigenvalue weighted by Crippen LogP contribution is 2.19. The summed E-state index contributed by atoms with van der Waals surface area (Å²) in [6, 6.07) is 13.2. The number of aromatic nitrogens is 4. The van der Waals surface area contributed by atoms with Crippen molar-refractivity contribution >= 4 is 11.7 Å². The van der Waals surface area contributed by atoms with Crippen molar-refractivity contribution in [3.05, 3.63) is 65.1 Å². The van der Waals surface area contributed by atoms with E-state index >= 15 is 0 Å². The standard InChI is InChI=1S/C18H17N5O2/c1-12-9-17(23(22-12)14-5-3-2-4-6-14)19-18(24)16-10-13-11-25-8-7-15(13)20-21-16/h2-6,9-10H,7-8,11H2,1H3,(H,19,24). The SMILES string of the molecule is Cc1cc(NC(=O)c2cc3c(nn2)CCOC3)n(-c2ccccc2)n1. The van der Waals surface area contributed by atoms with E-state index < -0.39 is 0 Å². The van der Waals surface area contributed by atoms with Crippen molar-refractivity contribution in [2.24, 2.45) is 0 Å². The van der Waals surface area contributed by atoms with E-state index in [1.54, 1.807) is 10.7 Å². The van der Waals surface area contributed by atoms with Crippen molar-refractivity contribution in [3.63, 3.8) is 0 Å². The van der Waals surface area contributed by atoms with Crippen LogP contribution in [0, 0.1) is 6.92 Å². The van der Waals surface area contributed by atoms with Crippen molar-refractivity contribution in [1.29, 1.82) is 0 Å². The van der Waals surface area contributed by atoms with Gasteiger partial charge in [-0.15, -0.1) is 5.10 Å². The van der Waals surface area contributed by atoms with E-state index in [-0.39, 0.29) is 11.6 Å². The largest absolute Gasteiger partial charge is 0.376 e. The number of nitrogens with one attached hydrogen (secondary N) is 1. The Bertz CT molecular complexity index is 920. The third kappa shape index (κ3) is 3.14. The average Bonchev–Trinajstić information content (AvgIpc) is 3.02. The van der Waals surface area contributed by atoms with Crippen molar-refractivity contribution < 1.29 is 9.53 Å². The van der Waals surface area contributed by atoms with E-state index in [1.165, 1.54) is 0 Å². The Morgan fingerprint density at radius 3 is 2.88 bits per heavy atom. The van der Waals surface area contributed by atoms with Gasteiger partial charge in [-0.25, -0.2) is 4.68 Å². The van der Waals surface area contributed by atoms with Gasteiger partial charge in [-0.3, -0.25) is 4.79 Å². The molecule has 3 heterocycles. The second kappa shape index (κ2) is 6.45. The summed E-state index contributed by atoms with van der Waals surface area (Å²) in [7, 11) is 0. The van der Waals surface area contributed by atoms with Gasteiger partial charge in [-0.1, -0.05) is 18.2 Å². The van der Waals surface area contributed by atoms with Gasteiger partial charge in [0.1, 0.15) is 5.82 Å². The number of carbonyl (C=O) groups is 1. The van der Waals surface area contributed by atoms with E-state index in [9.17, 15) is 4.79 Å². The molecular formula is C18H17N5O2. The molecule has 0 radical (unpaired) electrons. The van der Waals surface area contributed by atoms with Gasteiger partial charge in [-0.2, -0.15) is 10.2 Å². The monoisotopic (exact) mass is 335 g/mol. The van der Waals surface area contributed by atoms with E-state index in [4.69, 9.17) is 4.74 Å². The third-order valence-electron chi connectivity index (χ3n) is 4.01. The summed E-state index contributed by atoms with van der Waals surface area (Å²) in [5, 5.41) is 15.5. The van der Waals surface area contributed by atoms with Gasteiger partial charge in [0, 0.05) is 18.1 Å². The Morgan fingerprint density at radius 1 is 1.20 bits per heavy atom. The summed E-state index contributed by atoms with van der Waals surface area (Å²) in [5.41, 5.74) is 3.76. The lowest BCUT2D eigenvalue weighted by Crippen LogP contribution is -2.20. The van der Waals surface area contributed by atoms with E-state index in [0.29, 0.717) is 19.0 Å². The van der Waals surface area contributed by atoms with E-state index in [0.717, 1.165) is 29.1 Å². The first-order valence-electron chi connectivity index (χ1n) is 8.07. The molecule has 0 atom stereocenters. The van der Waals surface area contributed by atoms with E-state index in [2.05, 4.69) is 20.6 Å². The van der Waals surface area contributed by atoms with Gasteiger partial charge in [0.15, 0.2) is 5.69 Å². The Kier molecular flexibility index (Phi) is 3.99. The topological polar surface area (TPSA) is 81.9 Å². The molecule has 25 heavy (non-hydrogen) atoms. The number of aryl methyl sites for hydroxylation is 1. The van der Waals surface area contributed by atoms with Crippen LogP contribution in [0.3, 0.4) is 0 Å². The summed E-state index contributed by atoms with van der Waals surface area (Å²) >= 11 is 0. The number of nitrogens with zero attached hydrogens (tertiary/aromatic N) is 4. The summed E-state index contributed by atoms with van der Waals surface area (Å²) in [6.07, 6.45) is 0.726. The fraction of sp³-hybridized carbons (Fsp3) is 0.222. The quantitative estimate of drug-likeness (QED) is 0.794. The van der Waals surface area contributed by atoms with Crippen molar-refractivity contribution in [2.75, 3.05) is 11.9 Å². The first kappa shape index (κ1) is 15.5. The molecule has 1 aromatic carbocycles. The Morgan fingerprint density at radius 2 is 2.04 bits per heavy atom. The fourth-order valence-electron chi connectivity index (χ4n) is 2.79. The highest BCUT2D eigenvalue weighted by molar-refractivity contribution is 6.02. The van der Waals surface area contributed by atoms with Crippen LogP contribution in [-0.4, -0.2) is 32.5 Å². The molecule has 1 N–H and O–H groups in total. The predicted molar refractivity (Wildman–Crippen MR) is 91.6 cm³/mol. The molecule has 0 aliphatic carbocycles. The Labute approximate surface area is 144 Å². The van der Waals surface area contributed by atoms with Crippen molar-refractivity contribution in [2.45, 2.75) is 20.0 Å². The molecule has 0 fully saturated rings. The molecule has 0 bridgehead atoms. The lowest BCUT2D eigenvalue weighted by molar-refractivity contribution is 0.101. The van der Waals surface area contributed by atoms with Gasteiger partial charge in [0.25, 0.3) is 5.91 Å². The van der Waals surface area contributed by atoms with Crippen molar-refractivity contribution in [1.82, 2.24) is 20.0 Å². The molecule has 126 valence electrons. The second-order valence-electron chi connectivity index (χ2n) is 5.88. The van der Waals surface area contributed by atoms with Crippen LogP contribution in [0.2, 0.25) is 0 Å². The summed E-state index contributed by atoms with van der Waals surface area (Å²) in [6.45, 7) is 2.99. The first-order valence-corrected chi connectivity index (χ1v) is 8.07. The number of ether oxygens (including phenoxy) is 1. The lowest BCUT2D eigenvalue weighted by Gasteiger charge is -2.15. The number of para-hydroxylation sites is 1. The zero-order valence-corrected chi connectivity index (χ0v) is 13.8. The molecule has 7 nitrogen and oxygen atoms in total. The fourth-order valence-corrected chi connectivity index (χ4v) is 2.79. The zero-order valence-electron chi connectivity index (χ0n) is 13.8. The van der Waals surface area contributed by atoms with Crippen LogP contribution >= 0.6 is 0 Å². The molecule has 3 aromatic rings. The van der Waals surface area contributed by atoms with Gasteiger partial charge in [0.2, 0.25) is 0 Å².